The first kappa shape index (κ1) is 15.6. The highest BCUT2D eigenvalue weighted by molar-refractivity contribution is 5.85. The number of hydrogen-bond acceptors (Lipinski definition) is 5. The molecule has 0 fully saturated rings. The van der Waals surface area contributed by atoms with E-state index in [1.54, 1.807) is 32.0 Å². The third kappa shape index (κ3) is 2.96. The lowest BCUT2D eigenvalue weighted by molar-refractivity contribution is -0.139. The topological polar surface area (TPSA) is 126 Å². The lowest BCUT2D eigenvalue weighted by Gasteiger charge is -2.20. The summed E-state index contributed by atoms with van der Waals surface area (Å²) in [4.78, 5) is 21.7. The van der Waals surface area contributed by atoms with Crippen molar-refractivity contribution in [2.45, 2.75) is 19.9 Å². The Morgan fingerprint density at radius 3 is 2.73 bits per heavy atom. The van der Waals surface area contributed by atoms with Crippen molar-refractivity contribution < 1.29 is 29.1 Å². The lowest BCUT2D eigenvalue weighted by atomic mass is 10.0. The first-order valence-electron chi connectivity index (χ1n) is 6.46. The van der Waals surface area contributed by atoms with Crippen molar-refractivity contribution in [3.05, 3.63) is 29.5 Å². The van der Waals surface area contributed by atoms with Crippen LogP contribution in [0.15, 0.2) is 22.6 Å². The van der Waals surface area contributed by atoms with E-state index in [0.717, 1.165) is 0 Å². The van der Waals surface area contributed by atoms with Gasteiger partial charge in [-0.05, 0) is 32.0 Å². The number of carbonyl (C=O) groups excluding carboxylic acids is 1. The summed E-state index contributed by atoms with van der Waals surface area (Å²) in [6.45, 7) is 2.81. The van der Waals surface area contributed by atoms with Gasteiger partial charge in [0.1, 0.15) is 17.1 Å². The predicted octanol–water partition coefficient (Wildman–Crippen LogP) is 2.04. The SMILES string of the molecule is Cc1oc2ccc(OCC(=O)O)cc2c1C(C)N(O)C(N)=O. The molecule has 0 aliphatic rings. The highest BCUT2D eigenvalue weighted by atomic mass is 16.5. The normalized spacial score (nSPS) is 12.1. The van der Waals surface area contributed by atoms with Crippen molar-refractivity contribution in [2.24, 2.45) is 5.73 Å². The number of carboxylic acids is 1. The van der Waals surface area contributed by atoms with E-state index in [4.69, 9.17) is 20.0 Å². The number of amides is 2. The van der Waals surface area contributed by atoms with Gasteiger partial charge in [0.15, 0.2) is 6.61 Å². The average molecular weight is 308 g/mol. The fourth-order valence-corrected chi connectivity index (χ4v) is 2.29. The van der Waals surface area contributed by atoms with Crippen molar-refractivity contribution in [1.82, 2.24) is 5.06 Å². The number of rotatable bonds is 5. The van der Waals surface area contributed by atoms with Crippen molar-refractivity contribution in [3.8, 4) is 5.75 Å². The molecule has 2 amide bonds. The molecule has 0 saturated heterocycles. The van der Waals surface area contributed by atoms with Gasteiger partial charge in [-0.3, -0.25) is 5.21 Å². The molecule has 0 aliphatic heterocycles. The molecule has 0 spiro atoms. The number of urea groups is 1. The second kappa shape index (κ2) is 5.94. The number of hydrogen-bond donors (Lipinski definition) is 3. The number of nitrogens with two attached hydrogens (primary N) is 1. The molecule has 1 heterocycles. The van der Waals surface area contributed by atoms with Gasteiger partial charge in [-0.1, -0.05) is 0 Å². The van der Waals surface area contributed by atoms with Crippen LogP contribution in [0.1, 0.15) is 24.3 Å². The van der Waals surface area contributed by atoms with Gasteiger partial charge in [0.05, 0.1) is 6.04 Å². The zero-order chi connectivity index (χ0) is 16.4. The van der Waals surface area contributed by atoms with Gasteiger partial charge in [-0.2, -0.15) is 5.06 Å². The largest absolute Gasteiger partial charge is 0.482 e. The van der Waals surface area contributed by atoms with Crippen LogP contribution in [0.4, 0.5) is 4.79 Å². The van der Waals surface area contributed by atoms with Gasteiger partial charge in [0, 0.05) is 10.9 Å². The number of carbonyl (C=O) groups is 2. The van der Waals surface area contributed by atoms with Gasteiger partial charge < -0.3 is 20.0 Å². The number of aliphatic carboxylic acids is 1. The molecular weight excluding hydrogens is 292 g/mol. The van der Waals surface area contributed by atoms with E-state index >= 15 is 0 Å². The van der Waals surface area contributed by atoms with Crippen LogP contribution in [0.3, 0.4) is 0 Å². The van der Waals surface area contributed by atoms with Crippen LogP contribution in [-0.2, 0) is 4.79 Å². The molecule has 1 aromatic carbocycles. The number of benzene rings is 1. The second-order valence-corrected chi connectivity index (χ2v) is 4.77. The zero-order valence-electron chi connectivity index (χ0n) is 12.1. The third-order valence-electron chi connectivity index (χ3n) is 3.26. The van der Waals surface area contributed by atoms with E-state index in [2.05, 4.69) is 0 Å². The Labute approximate surface area is 125 Å². The van der Waals surface area contributed by atoms with E-state index in [0.29, 0.717) is 33.1 Å². The summed E-state index contributed by atoms with van der Waals surface area (Å²) in [5.41, 5.74) is 6.16. The average Bonchev–Trinajstić information content (AvgIpc) is 2.78. The van der Waals surface area contributed by atoms with E-state index in [9.17, 15) is 14.8 Å². The van der Waals surface area contributed by atoms with Crippen molar-refractivity contribution in [3.63, 3.8) is 0 Å². The van der Waals surface area contributed by atoms with Gasteiger partial charge in [-0.25, -0.2) is 9.59 Å². The molecule has 0 saturated carbocycles. The van der Waals surface area contributed by atoms with Gasteiger partial charge in [0.25, 0.3) is 0 Å². The first-order chi connectivity index (χ1) is 10.3. The number of carboxylic acid groups (broad SMARTS) is 1. The summed E-state index contributed by atoms with van der Waals surface area (Å²) in [6, 6.07) is 3.08. The predicted molar refractivity (Wildman–Crippen MR) is 75.7 cm³/mol. The van der Waals surface area contributed by atoms with Crippen molar-refractivity contribution >= 4 is 23.0 Å². The van der Waals surface area contributed by atoms with Crippen LogP contribution >= 0.6 is 0 Å². The maximum Gasteiger partial charge on any atom is 0.341 e. The second-order valence-electron chi connectivity index (χ2n) is 4.77. The molecule has 0 radical (unpaired) electrons. The quantitative estimate of drug-likeness (QED) is 0.573. The van der Waals surface area contributed by atoms with E-state index in [1.807, 2.05) is 0 Å². The molecule has 1 unspecified atom stereocenters. The zero-order valence-corrected chi connectivity index (χ0v) is 12.1. The van der Waals surface area contributed by atoms with Gasteiger partial charge in [-0.15, -0.1) is 0 Å². The first-order valence-corrected chi connectivity index (χ1v) is 6.46. The highest BCUT2D eigenvalue weighted by Gasteiger charge is 2.24. The number of furan rings is 1. The number of ether oxygens (including phenoxy) is 1. The maximum atomic E-state index is 11.1. The Hall–Kier alpha value is -2.74. The monoisotopic (exact) mass is 308 g/mol. The molecule has 22 heavy (non-hydrogen) atoms. The molecule has 2 aromatic rings. The molecule has 0 aliphatic carbocycles. The summed E-state index contributed by atoms with van der Waals surface area (Å²) < 4.78 is 10.7. The number of hydroxylamine groups is 2. The standard InChI is InChI=1S/C14H16N2O6/c1-7(16(20)14(15)19)13-8(2)22-11-4-3-9(5-10(11)13)21-6-12(17)18/h3-5,7,20H,6H2,1-2H3,(H2,15,19)(H,17,18). The van der Waals surface area contributed by atoms with Crippen LogP contribution in [-0.4, -0.2) is 34.0 Å². The highest BCUT2D eigenvalue weighted by Crippen LogP contribution is 2.34. The molecule has 8 heteroatoms. The van der Waals surface area contributed by atoms with E-state index in [1.165, 1.54) is 0 Å². The molecule has 1 atom stereocenters. The fourth-order valence-electron chi connectivity index (χ4n) is 2.29. The maximum absolute atomic E-state index is 11.1. The molecule has 2 rings (SSSR count). The molecule has 118 valence electrons. The Morgan fingerprint density at radius 2 is 2.14 bits per heavy atom. The molecule has 8 nitrogen and oxygen atoms in total. The number of primary amides is 1. The molecular formula is C14H16N2O6. The van der Waals surface area contributed by atoms with E-state index in [-0.39, 0.29) is 0 Å². The van der Waals surface area contributed by atoms with Crippen LogP contribution < -0.4 is 10.5 Å². The summed E-state index contributed by atoms with van der Waals surface area (Å²) >= 11 is 0. The number of aryl methyl sites for hydroxylation is 1. The van der Waals surface area contributed by atoms with Crippen molar-refractivity contribution in [1.29, 1.82) is 0 Å². The summed E-state index contributed by atoms with van der Waals surface area (Å²) in [5, 5.41) is 19.3. The van der Waals surface area contributed by atoms with Gasteiger partial charge in [0.2, 0.25) is 0 Å². The number of fused-ring (bicyclic) bond motifs is 1. The minimum atomic E-state index is -1.09. The Kier molecular flexibility index (Phi) is 4.22. The molecule has 1 aromatic heterocycles. The third-order valence-corrected chi connectivity index (χ3v) is 3.26. The minimum absolute atomic E-state index is 0.340. The van der Waals surface area contributed by atoms with Crippen LogP contribution in [0.5, 0.6) is 5.75 Å². The smallest absolute Gasteiger partial charge is 0.341 e. The minimum Gasteiger partial charge on any atom is -0.482 e. The summed E-state index contributed by atoms with van der Waals surface area (Å²) in [6.07, 6.45) is 0. The Morgan fingerprint density at radius 1 is 1.45 bits per heavy atom. The van der Waals surface area contributed by atoms with Crippen LogP contribution in [0.2, 0.25) is 0 Å². The fraction of sp³-hybridized carbons (Fsp3) is 0.286. The lowest BCUT2D eigenvalue weighted by Crippen LogP contribution is -2.34. The summed E-state index contributed by atoms with van der Waals surface area (Å²) in [5.74, 6) is -0.238. The molecule has 0 bridgehead atoms. The summed E-state index contributed by atoms with van der Waals surface area (Å²) in [7, 11) is 0. The Bertz CT molecular complexity index is 723. The van der Waals surface area contributed by atoms with E-state index < -0.39 is 24.6 Å². The van der Waals surface area contributed by atoms with Crippen LogP contribution in [0, 0.1) is 6.92 Å². The van der Waals surface area contributed by atoms with Crippen molar-refractivity contribution in [2.75, 3.05) is 6.61 Å². The number of nitrogens with zero attached hydrogens (tertiary/aromatic N) is 1. The Balaban J connectivity index is 2.44. The van der Waals surface area contributed by atoms with Gasteiger partial charge >= 0.3 is 12.0 Å². The molecule has 4 N–H and O–H groups in total. The van der Waals surface area contributed by atoms with Crippen LogP contribution in [0.25, 0.3) is 11.0 Å².